The largest absolute Gasteiger partial charge is 0.423 e. The molecule has 1 atom stereocenters. The fraction of sp³-hybridized carbons (Fsp3) is 0.280. The van der Waals surface area contributed by atoms with Gasteiger partial charge in [0.2, 0.25) is 0 Å². The maximum absolute atomic E-state index is 14.8. The summed E-state index contributed by atoms with van der Waals surface area (Å²) >= 11 is 0. The van der Waals surface area contributed by atoms with E-state index < -0.39 is 52.1 Å². The Bertz CT molecular complexity index is 1720. The van der Waals surface area contributed by atoms with Crippen molar-refractivity contribution in [2.75, 3.05) is 5.32 Å². The average Bonchev–Trinajstić information content (AvgIpc) is 2.89. The maximum atomic E-state index is 14.8. The number of aromatic nitrogens is 5. The molecule has 0 radical (unpaired) electrons. The van der Waals surface area contributed by atoms with Gasteiger partial charge in [-0.2, -0.15) is 36.7 Å². The van der Waals surface area contributed by atoms with Crippen molar-refractivity contribution in [1.29, 1.82) is 5.26 Å². The van der Waals surface area contributed by atoms with Crippen LogP contribution >= 0.6 is 0 Å². The van der Waals surface area contributed by atoms with E-state index in [9.17, 15) is 40.3 Å². The lowest BCUT2D eigenvalue weighted by Crippen LogP contribution is -2.28. The van der Waals surface area contributed by atoms with Crippen molar-refractivity contribution in [3.05, 3.63) is 80.6 Å². The minimum Gasteiger partial charge on any atom is -0.379 e. The lowest BCUT2D eigenvalue weighted by molar-refractivity contribution is -0.139. The van der Waals surface area contributed by atoms with E-state index in [1.165, 1.54) is 22.9 Å². The fourth-order valence-electron chi connectivity index (χ4n) is 4.12. The highest BCUT2D eigenvalue weighted by atomic mass is 19.4. The molecule has 1 aromatic carbocycles. The summed E-state index contributed by atoms with van der Waals surface area (Å²) in [5.41, 5.74) is -5.42. The maximum Gasteiger partial charge on any atom is 0.423 e. The summed E-state index contributed by atoms with van der Waals surface area (Å²) in [7, 11) is 0. The number of nitriles is 1. The molecule has 0 saturated carbocycles. The van der Waals surface area contributed by atoms with E-state index in [0.717, 1.165) is 12.3 Å². The number of hydrogen-bond acceptors (Lipinski definition) is 7. The molecule has 2 N–H and O–H groups in total. The Balaban J connectivity index is 1.51. The smallest absolute Gasteiger partial charge is 0.379 e. The number of rotatable bonds is 8. The van der Waals surface area contributed by atoms with Crippen molar-refractivity contribution >= 4 is 16.5 Å². The number of pyridine rings is 1. The number of alkyl halides is 6. The van der Waals surface area contributed by atoms with Crippen LogP contribution in [0.15, 0.2) is 52.6 Å². The number of H-pyrrole nitrogens is 1. The molecule has 9 nitrogen and oxygen atoms in total. The molecule has 0 fully saturated rings. The predicted octanol–water partition coefficient (Wildman–Crippen LogP) is 4.89. The van der Waals surface area contributed by atoms with Crippen LogP contribution in [0.25, 0.3) is 22.2 Å². The normalized spacial score (nSPS) is 12.7. The summed E-state index contributed by atoms with van der Waals surface area (Å²) < 4.78 is 94.4. The van der Waals surface area contributed by atoms with Gasteiger partial charge in [-0.25, -0.2) is 19.5 Å². The van der Waals surface area contributed by atoms with E-state index in [1.54, 1.807) is 5.10 Å². The molecular weight excluding hydrogens is 563 g/mol. The Morgan fingerprint density at radius 1 is 1.05 bits per heavy atom. The number of nitrogens with one attached hydrogen (secondary N) is 2. The van der Waals surface area contributed by atoms with E-state index in [2.05, 4.69) is 20.4 Å². The van der Waals surface area contributed by atoms with Crippen LogP contribution in [0.1, 0.15) is 30.4 Å². The van der Waals surface area contributed by atoms with Crippen LogP contribution in [0.2, 0.25) is 0 Å². The molecule has 0 unspecified atom stereocenters. The van der Waals surface area contributed by atoms with E-state index in [1.807, 2.05) is 6.07 Å². The Morgan fingerprint density at radius 3 is 2.39 bits per heavy atom. The molecule has 16 heteroatoms. The summed E-state index contributed by atoms with van der Waals surface area (Å²) in [6.45, 7) is 0.0590. The van der Waals surface area contributed by atoms with Crippen molar-refractivity contribution in [2.45, 2.75) is 44.2 Å². The van der Waals surface area contributed by atoms with Gasteiger partial charge in [0.15, 0.2) is 5.82 Å². The highest BCUT2D eigenvalue weighted by molar-refractivity contribution is 5.86. The number of aromatic amines is 1. The highest BCUT2D eigenvalue weighted by Gasteiger charge is 2.37. The number of fused-ring (bicyclic) bond motifs is 1. The van der Waals surface area contributed by atoms with Crippen LogP contribution in [-0.2, 0) is 18.9 Å². The van der Waals surface area contributed by atoms with Gasteiger partial charge in [0.05, 0.1) is 40.9 Å². The van der Waals surface area contributed by atoms with Crippen molar-refractivity contribution in [1.82, 2.24) is 24.7 Å². The molecule has 0 bridgehead atoms. The molecule has 4 aromatic rings. The number of anilines is 1. The zero-order valence-corrected chi connectivity index (χ0v) is 20.6. The second kappa shape index (κ2) is 11.4. The summed E-state index contributed by atoms with van der Waals surface area (Å²) in [5.74, 6) is -1.24. The second-order valence-corrected chi connectivity index (χ2v) is 8.86. The summed E-state index contributed by atoms with van der Waals surface area (Å²) in [6, 6.07) is 4.67. The van der Waals surface area contributed by atoms with Crippen molar-refractivity contribution < 1.29 is 30.7 Å². The van der Waals surface area contributed by atoms with Crippen LogP contribution in [-0.4, -0.2) is 30.8 Å². The first-order valence-electron chi connectivity index (χ1n) is 11.8. The van der Waals surface area contributed by atoms with Gasteiger partial charge >= 0.3 is 12.4 Å². The van der Waals surface area contributed by atoms with E-state index in [0.29, 0.717) is 12.4 Å². The average molecular weight is 581 g/mol. The minimum absolute atomic E-state index is 0.0308. The highest BCUT2D eigenvalue weighted by Crippen LogP contribution is 2.32. The number of halogens is 7. The Hall–Kier alpha value is -4.81. The van der Waals surface area contributed by atoms with Gasteiger partial charge in [-0.3, -0.25) is 9.59 Å². The van der Waals surface area contributed by atoms with E-state index >= 15 is 0 Å². The first-order chi connectivity index (χ1) is 19.3. The van der Waals surface area contributed by atoms with Crippen LogP contribution in [0.4, 0.5) is 36.4 Å². The predicted molar refractivity (Wildman–Crippen MR) is 131 cm³/mol. The standard InChI is InChI=1S/C25H18F7N7O2/c26-18-9-16-13(8-17(18)21-34-10-14(11-35-21)24(27,28)29)4-7-39(23(16)41)6-1-2-15(3-5-33)37-19-12-36-38-22(40)20(19)25(30,31)32/h4,7-12,15H,1-3,6H2,(H2,37,38,40)/t15-/m1/s1. The van der Waals surface area contributed by atoms with Gasteiger partial charge in [-0.1, -0.05) is 0 Å². The van der Waals surface area contributed by atoms with E-state index in [4.69, 9.17) is 5.26 Å². The molecule has 0 spiro atoms. The van der Waals surface area contributed by atoms with Gasteiger partial charge < -0.3 is 9.88 Å². The minimum atomic E-state index is -4.97. The monoisotopic (exact) mass is 581 g/mol. The van der Waals surface area contributed by atoms with Gasteiger partial charge in [0.25, 0.3) is 11.1 Å². The quantitative estimate of drug-likeness (QED) is 0.284. The lowest BCUT2D eigenvalue weighted by atomic mass is 10.1. The number of benzene rings is 1. The molecule has 0 saturated heterocycles. The van der Waals surface area contributed by atoms with Crippen LogP contribution in [0, 0.1) is 17.1 Å². The zero-order chi connectivity index (χ0) is 29.9. The summed E-state index contributed by atoms with van der Waals surface area (Å²) in [4.78, 5) is 31.8. The fourth-order valence-corrected chi connectivity index (χ4v) is 4.12. The Labute approximate surface area is 225 Å². The lowest BCUT2D eigenvalue weighted by Gasteiger charge is -2.20. The Morgan fingerprint density at radius 2 is 1.76 bits per heavy atom. The molecule has 0 aliphatic rings. The number of hydrogen-bond donors (Lipinski definition) is 2. The van der Waals surface area contributed by atoms with Crippen molar-refractivity contribution in [3.8, 4) is 17.5 Å². The van der Waals surface area contributed by atoms with Gasteiger partial charge in [-0.15, -0.1) is 0 Å². The molecule has 3 heterocycles. The molecule has 0 aliphatic heterocycles. The number of nitrogens with zero attached hydrogens (tertiary/aromatic N) is 5. The molecule has 0 amide bonds. The van der Waals surface area contributed by atoms with Gasteiger partial charge in [0, 0.05) is 31.2 Å². The second-order valence-electron chi connectivity index (χ2n) is 8.86. The summed E-state index contributed by atoms with van der Waals surface area (Å²) in [5, 5.41) is 17.0. The third-order valence-electron chi connectivity index (χ3n) is 6.07. The zero-order valence-electron chi connectivity index (χ0n) is 20.6. The Kier molecular flexibility index (Phi) is 8.08. The molecule has 41 heavy (non-hydrogen) atoms. The van der Waals surface area contributed by atoms with E-state index in [-0.39, 0.29) is 48.0 Å². The third kappa shape index (κ3) is 6.51. The van der Waals surface area contributed by atoms with Crippen molar-refractivity contribution in [2.24, 2.45) is 0 Å². The molecule has 3 aromatic heterocycles. The van der Waals surface area contributed by atoms with Gasteiger partial charge in [-0.05, 0) is 36.4 Å². The third-order valence-corrected chi connectivity index (χ3v) is 6.07. The number of aryl methyl sites for hydroxylation is 1. The SMILES string of the molecule is N#CC[C@@H](CCCn1ccc2cc(-c3ncc(C(F)(F)F)cn3)c(F)cc2c1=O)Nc1cn[nH]c(=O)c1C(F)(F)F. The van der Waals surface area contributed by atoms with Crippen LogP contribution in [0.3, 0.4) is 0 Å². The molecule has 214 valence electrons. The van der Waals surface area contributed by atoms with Gasteiger partial charge in [0.1, 0.15) is 11.4 Å². The van der Waals surface area contributed by atoms with Crippen molar-refractivity contribution in [3.63, 3.8) is 0 Å². The molecule has 0 aliphatic carbocycles. The molecule has 4 rings (SSSR count). The first kappa shape index (κ1) is 29.2. The summed E-state index contributed by atoms with van der Waals surface area (Å²) in [6.07, 6.45) is -6.28. The topological polar surface area (TPSA) is 129 Å². The first-order valence-corrected chi connectivity index (χ1v) is 11.8. The van der Waals surface area contributed by atoms with Crippen LogP contribution < -0.4 is 16.4 Å². The molecular formula is C25H18F7N7O2. The van der Waals surface area contributed by atoms with Crippen LogP contribution in [0.5, 0.6) is 0 Å².